The molecule has 0 saturated heterocycles. The van der Waals surface area contributed by atoms with E-state index in [1.807, 2.05) is 24.4 Å². The summed E-state index contributed by atoms with van der Waals surface area (Å²) in [5, 5.41) is 11.8. The maximum Gasteiger partial charge on any atom is 0.163 e. The molecule has 28 heavy (non-hydrogen) atoms. The van der Waals surface area contributed by atoms with Crippen LogP contribution in [0.2, 0.25) is 0 Å². The smallest absolute Gasteiger partial charge is 0.163 e. The topological polar surface area (TPSA) is 61.2 Å². The van der Waals surface area contributed by atoms with E-state index in [4.69, 9.17) is 9.47 Å². The molecule has 2 aromatic carbocycles. The van der Waals surface area contributed by atoms with Crippen molar-refractivity contribution < 1.29 is 18.3 Å². The molecular formula is C20H18F2N4O2. The van der Waals surface area contributed by atoms with Crippen LogP contribution < -0.4 is 14.8 Å². The van der Waals surface area contributed by atoms with Crippen LogP contribution in [0.15, 0.2) is 42.6 Å². The van der Waals surface area contributed by atoms with Gasteiger partial charge in [0.1, 0.15) is 13.2 Å². The van der Waals surface area contributed by atoms with E-state index >= 15 is 0 Å². The first kappa shape index (κ1) is 17.1. The van der Waals surface area contributed by atoms with Crippen molar-refractivity contribution in [2.45, 2.75) is 24.9 Å². The summed E-state index contributed by atoms with van der Waals surface area (Å²) in [6.07, 6.45) is 2.74. The molecule has 6 nitrogen and oxygen atoms in total. The van der Waals surface area contributed by atoms with E-state index in [2.05, 4.69) is 15.6 Å². The first-order valence-electron chi connectivity index (χ1n) is 9.17. The van der Waals surface area contributed by atoms with Crippen molar-refractivity contribution in [3.8, 4) is 17.2 Å². The number of benzene rings is 2. The lowest BCUT2D eigenvalue weighted by molar-refractivity contribution is 0.171. The third kappa shape index (κ3) is 3.31. The van der Waals surface area contributed by atoms with Gasteiger partial charge in [0.25, 0.3) is 0 Å². The summed E-state index contributed by atoms with van der Waals surface area (Å²) in [6, 6.07) is 9.96. The molecule has 0 bridgehead atoms. The van der Waals surface area contributed by atoms with Gasteiger partial charge in [-0.15, -0.1) is 5.10 Å². The highest BCUT2D eigenvalue weighted by Gasteiger charge is 2.38. The number of aromatic nitrogens is 3. The zero-order chi connectivity index (χ0) is 19.1. The first-order valence-corrected chi connectivity index (χ1v) is 9.17. The van der Waals surface area contributed by atoms with Gasteiger partial charge in [0, 0.05) is 24.6 Å². The zero-order valence-electron chi connectivity index (χ0n) is 14.9. The average Bonchev–Trinajstić information content (AvgIpc) is 3.34. The highest BCUT2D eigenvalue weighted by Crippen LogP contribution is 2.41. The molecule has 0 spiro atoms. The van der Waals surface area contributed by atoms with Crippen LogP contribution in [0.25, 0.3) is 5.69 Å². The lowest BCUT2D eigenvalue weighted by Gasteiger charge is -2.18. The van der Waals surface area contributed by atoms with E-state index in [1.54, 1.807) is 10.7 Å². The number of nitrogens with zero attached hydrogens (tertiary/aromatic N) is 3. The minimum absolute atomic E-state index is 0.197. The quantitative estimate of drug-likeness (QED) is 0.733. The molecule has 1 saturated carbocycles. The Morgan fingerprint density at radius 2 is 1.89 bits per heavy atom. The van der Waals surface area contributed by atoms with Crippen LogP contribution in [0.5, 0.6) is 11.5 Å². The molecule has 8 heteroatoms. The van der Waals surface area contributed by atoms with Crippen LogP contribution in [0.1, 0.15) is 23.6 Å². The average molecular weight is 384 g/mol. The van der Waals surface area contributed by atoms with Crippen molar-refractivity contribution in [3.63, 3.8) is 0 Å². The van der Waals surface area contributed by atoms with Crippen LogP contribution in [0.3, 0.4) is 0 Å². The Labute approximate surface area is 160 Å². The van der Waals surface area contributed by atoms with Crippen LogP contribution >= 0.6 is 0 Å². The lowest BCUT2D eigenvalue weighted by Crippen LogP contribution is -2.17. The number of hydrogen-bond donors (Lipinski definition) is 1. The van der Waals surface area contributed by atoms with Gasteiger partial charge in [0.15, 0.2) is 23.1 Å². The molecular weight excluding hydrogens is 366 g/mol. The second kappa shape index (κ2) is 6.87. The molecule has 2 aliphatic rings. The number of hydrogen-bond acceptors (Lipinski definition) is 5. The molecule has 0 amide bonds. The van der Waals surface area contributed by atoms with Gasteiger partial charge in [-0.1, -0.05) is 11.3 Å². The van der Waals surface area contributed by atoms with Gasteiger partial charge >= 0.3 is 0 Å². The molecule has 144 valence electrons. The van der Waals surface area contributed by atoms with Crippen LogP contribution in [0, 0.1) is 11.6 Å². The van der Waals surface area contributed by atoms with E-state index in [1.165, 1.54) is 12.1 Å². The molecule has 2 heterocycles. The molecule has 3 aromatic rings. The summed E-state index contributed by atoms with van der Waals surface area (Å²) < 4.78 is 39.3. The summed E-state index contributed by atoms with van der Waals surface area (Å²) in [6.45, 7) is 1.64. The SMILES string of the molecule is Fc1ccc([C@@H]2C[C@H]2NCc2cn(-c3ccc4c(c3)OCCO4)nn2)cc1F. The summed E-state index contributed by atoms with van der Waals surface area (Å²) >= 11 is 0. The fraction of sp³-hybridized carbons (Fsp3) is 0.300. The highest BCUT2D eigenvalue weighted by atomic mass is 19.2. The van der Waals surface area contributed by atoms with E-state index in [0.717, 1.165) is 29.1 Å². The number of fused-ring (bicyclic) bond motifs is 1. The van der Waals surface area contributed by atoms with Gasteiger partial charge in [-0.3, -0.25) is 0 Å². The summed E-state index contributed by atoms with van der Waals surface area (Å²) in [5.74, 6) is 0.0124. The third-order valence-electron chi connectivity index (χ3n) is 5.04. The van der Waals surface area contributed by atoms with Crippen LogP contribution in [-0.2, 0) is 6.54 Å². The number of halogens is 2. The maximum atomic E-state index is 13.4. The van der Waals surface area contributed by atoms with Gasteiger partial charge in [-0.05, 0) is 36.2 Å². The normalized spacial score (nSPS) is 20.2. The van der Waals surface area contributed by atoms with Crippen molar-refractivity contribution in [3.05, 3.63) is 65.5 Å². The van der Waals surface area contributed by atoms with Gasteiger partial charge in [0.2, 0.25) is 0 Å². The third-order valence-corrected chi connectivity index (χ3v) is 5.04. The fourth-order valence-corrected chi connectivity index (χ4v) is 3.45. The molecule has 1 aliphatic carbocycles. The minimum atomic E-state index is -0.815. The Bertz CT molecular complexity index is 1020. The molecule has 1 aromatic heterocycles. The number of nitrogens with one attached hydrogen (secondary N) is 1. The molecule has 1 aliphatic heterocycles. The van der Waals surface area contributed by atoms with Gasteiger partial charge in [-0.2, -0.15) is 0 Å². The predicted molar refractivity (Wildman–Crippen MR) is 96.7 cm³/mol. The van der Waals surface area contributed by atoms with Gasteiger partial charge in [0.05, 0.1) is 17.6 Å². The summed E-state index contributed by atoms with van der Waals surface area (Å²) in [7, 11) is 0. The molecule has 0 radical (unpaired) electrons. The molecule has 2 atom stereocenters. The van der Waals surface area contributed by atoms with Crippen molar-refractivity contribution in [1.29, 1.82) is 0 Å². The molecule has 5 rings (SSSR count). The van der Waals surface area contributed by atoms with E-state index in [9.17, 15) is 8.78 Å². The summed E-state index contributed by atoms with van der Waals surface area (Å²) in [5.41, 5.74) is 2.45. The largest absolute Gasteiger partial charge is 0.486 e. The Morgan fingerprint density at radius 1 is 1.04 bits per heavy atom. The molecule has 1 N–H and O–H groups in total. The molecule has 1 fully saturated rings. The lowest BCUT2D eigenvalue weighted by atomic mass is 10.1. The summed E-state index contributed by atoms with van der Waals surface area (Å²) in [4.78, 5) is 0. The fourth-order valence-electron chi connectivity index (χ4n) is 3.45. The van der Waals surface area contributed by atoms with Crippen molar-refractivity contribution in [2.75, 3.05) is 13.2 Å². The zero-order valence-corrected chi connectivity index (χ0v) is 14.9. The Balaban J connectivity index is 1.21. The highest BCUT2D eigenvalue weighted by molar-refractivity contribution is 5.49. The van der Waals surface area contributed by atoms with Crippen molar-refractivity contribution >= 4 is 0 Å². The second-order valence-corrected chi connectivity index (χ2v) is 6.99. The Hall–Kier alpha value is -3.00. The van der Waals surface area contributed by atoms with Crippen LogP contribution in [0.4, 0.5) is 8.78 Å². The van der Waals surface area contributed by atoms with Crippen LogP contribution in [-0.4, -0.2) is 34.2 Å². The second-order valence-electron chi connectivity index (χ2n) is 6.99. The predicted octanol–water partition coefficient (Wildman–Crippen LogP) is 2.96. The van der Waals surface area contributed by atoms with Gasteiger partial charge < -0.3 is 14.8 Å². The Kier molecular flexibility index (Phi) is 4.20. The molecule has 0 unspecified atom stereocenters. The number of rotatable bonds is 5. The standard InChI is InChI=1S/C20H18F2N4O2/c21-16-3-1-12(7-17(16)22)15-9-18(15)23-10-13-11-26(25-24-13)14-2-4-19-20(8-14)28-6-5-27-19/h1-4,7-8,11,15,18,23H,5-6,9-10H2/t15-,18+/m0/s1. The Morgan fingerprint density at radius 3 is 2.75 bits per heavy atom. The van der Waals surface area contributed by atoms with E-state index < -0.39 is 11.6 Å². The van der Waals surface area contributed by atoms with Crippen molar-refractivity contribution in [2.24, 2.45) is 0 Å². The monoisotopic (exact) mass is 384 g/mol. The number of ether oxygens (including phenoxy) is 2. The first-order chi connectivity index (χ1) is 13.7. The minimum Gasteiger partial charge on any atom is -0.486 e. The van der Waals surface area contributed by atoms with E-state index in [-0.39, 0.29) is 12.0 Å². The van der Waals surface area contributed by atoms with Crippen molar-refractivity contribution in [1.82, 2.24) is 20.3 Å². The van der Waals surface area contributed by atoms with E-state index in [0.29, 0.717) is 25.5 Å². The van der Waals surface area contributed by atoms with Gasteiger partial charge in [-0.25, -0.2) is 13.5 Å². The maximum absolute atomic E-state index is 13.4.